The number of aliphatic carboxylic acids is 1. The van der Waals surface area contributed by atoms with Crippen molar-refractivity contribution in [3.05, 3.63) is 35.7 Å². The van der Waals surface area contributed by atoms with Crippen molar-refractivity contribution in [2.24, 2.45) is 0 Å². The van der Waals surface area contributed by atoms with E-state index in [4.69, 9.17) is 4.74 Å². The van der Waals surface area contributed by atoms with E-state index in [9.17, 15) is 9.90 Å². The molecule has 3 rings (SSSR count). The molecule has 0 bridgehead atoms. The average Bonchev–Trinajstić information content (AvgIpc) is 2.90. The number of nitrogens with one attached hydrogen (secondary N) is 2. The second kappa shape index (κ2) is 4.97. The third kappa shape index (κ3) is 2.14. The summed E-state index contributed by atoms with van der Waals surface area (Å²) in [6.45, 7) is 0.633. The zero-order chi connectivity index (χ0) is 14.1. The van der Waals surface area contributed by atoms with Crippen molar-refractivity contribution >= 4 is 5.97 Å². The van der Waals surface area contributed by atoms with Crippen LogP contribution in [0.25, 0.3) is 11.4 Å². The number of aromatic nitrogens is 2. The van der Waals surface area contributed by atoms with Gasteiger partial charge in [0.25, 0.3) is 0 Å². The van der Waals surface area contributed by atoms with Gasteiger partial charge in [-0.15, -0.1) is 0 Å². The Bertz CT molecular complexity index is 634. The highest BCUT2D eigenvalue weighted by atomic mass is 16.5. The minimum Gasteiger partial charge on any atom is -0.497 e. The Morgan fingerprint density at radius 2 is 2.15 bits per heavy atom. The van der Waals surface area contributed by atoms with Gasteiger partial charge in [-0.2, -0.15) is 0 Å². The number of methoxy groups -OCH3 is 1. The summed E-state index contributed by atoms with van der Waals surface area (Å²) in [5.74, 6) is 0.557. The van der Waals surface area contributed by atoms with Crippen LogP contribution in [-0.2, 0) is 11.2 Å². The summed E-state index contributed by atoms with van der Waals surface area (Å²) in [5, 5.41) is 12.2. The van der Waals surface area contributed by atoms with Gasteiger partial charge in [0, 0.05) is 24.2 Å². The number of carboxylic acid groups (broad SMARTS) is 1. The maximum atomic E-state index is 11.2. The first-order valence-electron chi connectivity index (χ1n) is 6.38. The average molecular weight is 273 g/mol. The van der Waals surface area contributed by atoms with Crippen LogP contribution in [0.4, 0.5) is 0 Å². The lowest BCUT2D eigenvalue weighted by Gasteiger charge is -2.18. The lowest BCUT2D eigenvalue weighted by molar-refractivity contribution is -0.139. The third-order valence-corrected chi connectivity index (χ3v) is 3.42. The van der Waals surface area contributed by atoms with Crippen LogP contribution in [-0.4, -0.2) is 34.7 Å². The maximum absolute atomic E-state index is 11.2. The van der Waals surface area contributed by atoms with Crippen molar-refractivity contribution in [3.8, 4) is 17.1 Å². The maximum Gasteiger partial charge on any atom is 0.327 e. The van der Waals surface area contributed by atoms with Gasteiger partial charge in [0.15, 0.2) is 6.04 Å². The van der Waals surface area contributed by atoms with Crippen molar-refractivity contribution < 1.29 is 14.6 Å². The molecule has 0 aliphatic carbocycles. The molecule has 3 N–H and O–H groups in total. The summed E-state index contributed by atoms with van der Waals surface area (Å²) in [7, 11) is 1.61. The van der Waals surface area contributed by atoms with Gasteiger partial charge in [-0.3, -0.25) is 10.1 Å². The van der Waals surface area contributed by atoms with Crippen molar-refractivity contribution in [1.82, 2.24) is 15.3 Å². The highest BCUT2D eigenvalue weighted by Gasteiger charge is 2.29. The molecule has 1 aromatic carbocycles. The lowest BCUT2D eigenvalue weighted by atomic mass is 10.1. The fourth-order valence-electron chi connectivity index (χ4n) is 2.38. The molecule has 1 aromatic heterocycles. The van der Waals surface area contributed by atoms with E-state index in [0.717, 1.165) is 23.4 Å². The first kappa shape index (κ1) is 12.7. The lowest BCUT2D eigenvalue weighted by Crippen LogP contribution is -2.35. The highest BCUT2D eigenvalue weighted by Crippen LogP contribution is 2.26. The SMILES string of the molecule is COc1ccc(-c2nc3c([nH]2)CCNC3C(=O)O)cc1. The number of imidazole rings is 1. The quantitative estimate of drug-likeness (QED) is 0.786. The third-order valence-electron chi connectivity index (χ3n) is 3.42. The van der Waals surface area contributed by atoms with E-state index in [0.29, 0.717) is 18.1 Å². The number of fused-ring (bicyclic) bond motifs is 1. The summed E-state index contributed by atoms with van der Waals surface area (Å²) >= 11 is 0. The molecule has 1 atom stereocenters. The second-order valence-electron chi connectivity index (χ2n) is 4.65. The normalized spacial score (nSPS) is 17.6. The first-order valence-corrected chi connectivity index (χ1v) is 6.38. The van der Waals surface area contributed by atoms with E-state index in [1.165, 1.54) is 0 Å². The number of ether oxygens (including phenoxy) is 1. The smallest absolute Gasteiger partial charge is 0.327 e. The first-order chi connectivity index (χ1) is 9.69. The van der Waals surface area contributed by atoms with Crippen molar-refractivity contribution in [2.45, 2.75) is 12.5 Å². The van der Waals surface area contributed by atoms with E-state index in [-0.39, 0.29) is 0 Å². The zero-order valence-corrected chi connectivity index (χ0v) is 11.0. The molecule has 2 heterocycles. The molecule has 2 aromatic rings. The van der Waals surface area contributed by atoms with Crippen molar-refractivity contribution in [1.29, 1.82) is 0 Å². The number of nitrogens with zero attached hydrogens (tertiary/aromatic N) is 1. The van der Waals surface area contributed by atoms with Gasteiger partial charge in [0.2, 0.25) is 0 Å². The molecule has 6 nitrogen and oxygen atoms in total. The van der Waals surface area contributed by atoms with Crippen molar-refractivity contribution in [3.63, 3.8) is 0 Å². The van der Waals surface area contributed by atoms with Crippen LogP contribution >= 0.6 is 0 Å². The number of hydrogen-bond acceptors (Lipinski definition) is 4. The van der Waals surface area contributed by atoms with Gasteiger partial charge >= 0.3 is 5.97 Å². The van der Waals surface area contributed by atoms with Crippen LogP contribution in [0.2, 0.25) is 0 Å². The van der Waals surface area contributed by atoms with Crippen LogP contribution in [0.3, 0.4) is 0 Å². The standard InChI is InChI=1S/C14H15N3O3/c1-20-9-4-2-8(3-5-9)13-16-10-6-7-15-12(14(18)19)11(10)17-13/h2-5,12,15H,6-7H2,1H3,(H,16,17)(H,18,19). The molecular weight excluding hydrogens is 258 g/mol. The molecule has 0 fully saturated rings. The Kier molecular flexibility index (Phi) is 3.15. The van der Waals surface area contributed by atoms with Crippen LogP contribution < -0.4 is 10.1 Å². The van der Waals surface area contributed by atoms with Crippen LogP contribution in [0.15, 0.2) is 24.3 Å². The molecule has 20 heavy (non-hydrogen) atoms. The molecule has 0 spiro atoms. The van der Waals surface area contributed by atoms with E-state index < -0.39 is 12.0 Å². The fourth-order valence-corrected chi connectivity index (χ4v) is 2.38. The molecular formula is C14H15N3O3. The van der Waals surface area contributed by atoms with E-state index in [2.05, 4.69) is 15.3 Å². The Balaban J connectivity index is 1.97. The predicted octanol–water partition coefficient (Wildman–Crippen LogP) is 1.36. The Morgan fingerprint density at radius 1 is 1.40 bits per heavy atom. The van der Waals surface area contributed by atoms with E-state index in [1.54, 1.807) is 7.11 Å². The predicted molar refractivity (Wildman–Crippen MR) is 72.7 cm³/mol. The molecule has 0 saturated heterocycles. The molecule has 0 radical (unpaired) electrons. The van der Waals surface area contributed by atoms with Gasteiger partial charge in [-0.05, 0) is 24.3 Å². The second-order valence-corrected chi connectivity index (χ2v) is 4.65. The van der Waals surface area contributed by atoms with Gasteiger partial charge in [-0.1, -0.05) is 0 Å². The Labute approximate surface area is 115 Å². The molecule has 1 aliphatic rings. The summed E-state index contributed by atoms with van der Waals surface area (Å²) in [5.41, 5.74) is 2.38. The van der Waals surface area contributed by atoms with Gasteiger partial charge in [0.05, 0.1) is 12.8 Å². The molecule has 6 heteroatoms. The highest BCUT2D eigenvalue weighted by molar-refractivity contribution is 5.76. The van der Waals surface area contributed by atoms with Crippen LogP contribution in [0.5, 0.6) is 5.75 Å². The van der Waals surface area contributed by atoms with Gasteiger partial charge in [-0.25, -0.2) is 4.98 Å². The largest absolute Gasteiger partial charge is 0.497 e. The van der Waals surface area contributed by atoms with Crippen LogP contribution in [0.1, 0.15) is 17.4 Å². The Hall–Kier alpha value is -2.34. The number of benzene rings is 1. The van der Waals surface area contributed by atoms with Gasteiger partial charge < -0.3 is 14.8 Å². The number of carbonyl (C=O) groups is 1. The molecule has 104 valence electrons. The monoisotopic (exact) mass is 273 g/mol. The summed E-state index contributed by atoms with van der Waals surface area (Å²) in [6, 6.07) is 6.76. The molecule has 0 saturated carbocycles. The number of hydrogen-bond donors (Lipinski definition) is 3. The molecule has 1 aliphatic heterocycles. The number of carboxylic acids is 1. The summed E-state index contributed by atoms with van der Waals surface area (Å²) < 4.78 is 5.12. The molecule has 0 amide bonds. The minimum atomic E-state index is -0.904. The summed E-state index contributed by atoms with van der Waals surface area (Å²) in [6.07, 6.45) is 0.752. The summed E-state index contributed by atoms with van der Waals surface area (Å²) in [4.78, 5) is 18.9. The fraction of sp³-hybridized carbons (Fsp3) is 0.286. The zero-order valence-electron chi connectivity index (χ0n) is 11.0. The van der Waals surface area contributed by atoms with E-state index in [1.807, 2.05) is 24.3 Å². The topological polar surface area (TPSA) is 87.2 Å². The minimum absolute atomic E-state index is 0.578. The number of rotatable bonds is 3. The number of aromatic amines is 1. The van der Waals surface area contributed by atoms with Gasteiger partial charge in [0.1, 0.15) is 11.6 Å². The number of H-pyrrole nitrogens is 1. The van der Waals surface area contributed by atoms with Crippen molar-refractivity contribution in [2.75, 3.05) is 13.7 Å². The Morgan fingerprint density at radius 3 is 2.80 bits per heavy atom. The van der Waals surface area contributed by atoms with E-state index >= 15 is 0 Å². The molecule has 1 unspecified atom stereocenters. The van der Waals surface area contributed by atoms with Crippen LogP contribution in [0, 0.1) is 0 Å².